The van der Waals surface area contributed by atoms with Gasteiger partial charge in [-0.05, 0) is 54.2 Å². The average molecular weight is 323 g/mol. The van der Waals surface area contributed by atoms with Crippen molar-refractivity contribution in [3.05, 3.63) is 107 Å². The minimum atomic E-state index is 1.08. The van der Waals surface area contributed by atoms with Gasteiger partial charge >= 0.3 is 0 Å². The lowest BCUT2D eigenvalue weighted by Gasteiger charge is -2.25. The molecule has 122 valence electrons. The van der Waals surface area contributed by atoms with Gasteiger partial charge in [0.25, 0.3) is 0 Å². The Kier molecular flexibility index (Phi) is 4.30. The third-order valence-corrected chi connectivity index (χ3v) is 4.80. The zero-order chi connectivity index (χ0) is 17.1. The summed E-state index contributed by atoms with van der Waals surface area (Å²) in [5, 5.41) is 0. The van der Waals surface area contributed by atoms with Crippen molar-refractivity contribution >= 4 is 16.9 Å². The van der Waals surface area contributed by atoms with E-state index in [-0.39, 0.29) is 0 Å². The Morgan fingerprint density at radius 1 is 0.920 bits per heavy atom. The number of fused-ring (bicyclic) bond motifs is 1. The fourth-order valence-corrected chi connectivity index (χ4v) is 3.39. The number of aliphatic imine (C=N–C) groups is 1. The summed E-state index contributed by atoms with van der Waals surface area (Å²) in [6.45, 7) is 2.08. The lowest BCUT2D eigenvalue weighted by atomic mass is 9.85. The number of hydrogen-bond donors (Lipinski definition) is 0. The molecule has 0 saturated heterocycles. The first-order valence-electron chi connectivity index (χ1n) is 8.83. The molecule has 0 spiro atoms. The normalized spacial score (nSPS) is 17.1. The quantitative estimate of drug-likeness (QED) is 0.591. The molecular formula is C24H21N. The van der Waals surface area contributed by atoms with Gasteiger partial charge in [0.15, 0.2) is 0 Å². The molecule has 0 fully saturated rings. The SMILES string of the molecule is C/C=C(\C=C/C1=C2CCC(c3ccccc3)=CC2=N1)c1ccccc1. The molecule has 2 aromatic rings. The van der Waals surface area contributed by atoms with E-state index in [1.165, 1.54) is 27.8 Å². The smallest absolute Gasteiger partial charge is 0.0693 e. The van der Waals surface area contributed by atoms with Crippen LogP contribution >= 0.6 is 0 Å². The molecule has 2 aromatic carbocycles. The highest BCUT2D eigenvalue weighted by Gasteiger charge is 2.23. The zero-order valence-electron chi connectivity index (χ0n) is 14.4. The Balaban J connectivity index is 1.51. The largest absolute Gasteiger partial charge is 0.248 e. The van der Waals surface area contributed by atoms with Crippen molar-refractivity contribution in [2.24, 2.45) is 4.99 Å². The summed E-state index contributed by atoms with van der Waals surface area (Å²) in [5.41, 5.74) is 8.87. The van der Waals surface area contributed by atoms with Gasteiger partial charge in [-0.25, -0.2) is 4.99 Å². The Labute approximate surface area is 149 Å². The summed E-state index contributed by atoms with van der Waals surface area (Å²) in [6, 6.07) is 21.1. The number of benzene rings is 2. The minimum absolute atomic E-state index is 1.08. The fraction of sp³-hybridized carbons (Fsp3) is 0.125. The molecule has 0 saturated carbocycles. The van der Waals surface area contributed by atoms with Crippen LogP contribution in [0.1, 0.15) is 30.9 Å². The standard InChI is InChI=1S/C24H21N/c1-2-18(19-9-5-3-6-10-19)14-16-23-22-15-13-21(17-24(22)25-23)20-11-7-4-8-12-20/h2-12,14,16-17H,13,15H2,1H3/b16-14-,18-2+. The Morgan fingerprint density at radius 3 is 2.32 bits per heavy atom. The maximum atomic E-state index is 4.72. The van der Waals surface area contributed by atoms with Crippen molar-refractivity contribution < 1.29 is 0 Å². The highest BCUT2D eigenvalue weighted by atomic mass is 14.8. The van der Waals surface area contributed by atoms with Gasteiger partial charge in [-0.3, -0.25) is 0 Å². The average Bonchev–Trinajstić information content (AvgIpc) is 2.67. The van der Waals surface area contributed by atoms with Gasteiger partial charge in [-0.2, -0.15) is 0 Å². The fourth-order valence-electron chi connectivity index (χ4n) is 3.39. The third kappa shape index (κ3) is 3.18. The van der Waals surface area contributed by atoms with Crippen LogP contribution in [0.4, 0.5) is 0 Å². The van der Waals surface area contributed by atoms with Gasteiger partial charge in [-0.1, -0.05) is 72.8 Å². The molecule has 1 heterocycles. The second-order valence-corrected chi connectivity index (χ2v) is 6.34. The number of hydrogen-bond acceptors (Lipinski definition) is 1. The van der Waals surface area contributed by atoms with E-state index in [0.717, 1.165) is 24.3 Å². The topological polar surface area (TPSA) is 12.4 Å². The first-order chi connectivity index (χ1) is 12.3. The molecule has 0 N–H and O–H groups in total. The van der Waals surface area contributed by atoms with Crippen molar-refractivity contribution in [2.75, 3.05) is 0 Å². The van der Waals surface area contributed by atoms with Crippen LogP contribution in [0, 0.1) is 0 Å². The van der Waals surface area contributed by atoms with Gasteiger partial charge in [0.2, 0.25) is 0 Å². The van der Waals surface area contributed by atoms with E-state index in [2.05, 4.69) is 85.8 Å². The molecule has 1 nitrogen and oxygen atoms in total. The van der Waals surface area contributed by atoms with Crippen LogP contribution in [0.5, 0.6) is 0 Å². The lowest BCUT2D eigenvalue weighted by molar-refractivity contribution is 0.980. The Hall–Kier alpha value is -2.93. The molecule has 0 amide bonds. The summed E-state index contributed by atoms with van der Waals surface area (Å²) in [5.74, 6) is 0. The molecule has 1 aliphatic carbocycles. The van der Waals surface area contributed by atoms with Crippen LogP contribution in [0.3, 0.4) is 0 Å². The van der Waals surface area contributed by atoms with Crippen LogP contribution in [0.15, 0.2) is 101 Å². The first-order valence-corrected chi connectivity index (χ1v) is 8.83. The zero-order valence-corrected chi connectivity index (χ0v) is 14.4. The van der Waals surface area contributed by atoms with E-state index in [4.69, 9.17) is 4.99 Å². The van der Waals surface area contributed by atoms with Gasteiger partial charge in [-0.15, -0.1) is 0 Å². The second kappa shape index (κ2) is 6.90. The van der Waals surface area contributed by atoms with E-state index in [0.29, 0.717) is 0 Å². The van der Waals surface area contributed by atoms with Crippen LogP contribution in [0.2, 0.25) is 0 Å². The number of nitrogens with zero attached hydrogens (tertiary/aromatic N) is 1. The maximum absolute atomic E-state index is 4.72. The molecule has 0 radical (unpaired) electrons. The van der Waals surface area contributed by atoms with Crippen LogP contribution in [-0.2, 0) is 0 Å². The molecule has 2 aliphatic rings. The highest BCUT2D eigenvalue weighted by Crippen LogP contribution is 2.36. The molecule has 1 aliphatic heterocycles. The van der Waals surface area contributed by atoms with Crippen molar-refractivity contribution in [3.8, 4) is 0 Å². The Bertz CT molecular complexity index is 923. The first kappa shape index (κ1) is 15.6. The molecular weight excluding hydrogens is 302 g/mol. The van der Waals surface area contributed by atoms with Crippen LogP contribution in [0.25, 0.3) is 11.1 Å². The van der Waals surface area contributed by atoms with Crippen LogP contribution < -0.4 is 0 Å². The molecule has 0 bridgehead atoms. The van der Waals surface area contributed by atoms with Gasteiger partial charge in [0.05, 0.1) is 11.4 Å². The molecule has 25 heavy (non-hydrogen) atoms. The van der Waals surface area contributed by atoms with Crippen molar-refractivity contribution in [1.29, 1.82) is 0 Å². The van der Waals surface area contributed by atoms with E-state index in [9.17, 15) is 0 Å². The summed E-state index contributed by atoms with van der Waals surface area (Å²) in [7, 11) is 0. The summed E-state index contributed by atoms with van der Waals surface area (Å²) in [6.07, 6.45) is 10.9. The second-order valence-electron chi connectivity index (χ2n) is 6.34. The maximum Gasteiger partial charge on any atom is 0.0693 e. The van der Waals surface area contributed by atoms with E-state index >= 15 is 0 Å². The summed E-state index contributed by atoms with van der Waals surface area (Å²) in [4.78, 5) is 4.72. The summed E-state index contributed by atoms with van der Waals surface area (Å²) < 4.78 is 0. The monoisotopic (exact) mass is 323 g/mol. The van der Waals surface area contributed by atoms with Crippen molar-refractivity contribution in [3.63, 3.8) is 0 Å². The molecule has 0 unspecified atom stereocenters. The molecule has 1 heteroatoms. The predicted molar refractivity (Wildman–Crippen MR) is 107 cm³/mol. The lowest BCUT2D eigenvalue weighted by Crippen LogP contribution is -2.16. The number of allylic oxidation sites excluding steroid dienone is 7. The summed E-state index contributed by atoms with van der Waals surface area (Å²) >= 11 is 0. The third-order valence-electron chi connectivity index (χ3n) is 4.80. The van der Waals surface area contributed by atoms with Crippen molar-refractivity contribution in [2.45, 2.75) is 19.8 Å². The predicted octanol–water partition coefficient (Wildman–Crippen LogP) is 6.23. The van der Waals surface area contributed by atoms with Crippen LogP contribution in [-0.4, -0.2) is 5.71 Å². The molecule has 0 atom stereocenters. The number of rotatable bonds is 4. The van der Waals surface area contributed by atoms with E-state index < -0.39 is 0 Å². The minimum Gasteiger partial charge on any atom is -0.248 e. The van der Waals surface area contributed by atoms with E-state index in [1.807, 2.05) is 6.07 Å². The van der Waals surface area contributed by atoms with Gasteiger partial charge < -0.3 is 0 Å². The highest BCUT2D eigenvalue weighted by molar-refractivity contribution is 6.18. The van der Waals surface area contributed by atoms with Gasteiger partial charge in [0, 0.05) is 5.57 Å². The van der Waals surface area contributed by atoms with Crippen molar-refractivity contribution in [1.82, 2.24) is 0 Å². The molecule has 0 aromatic heterocycles. The van der Waals surface area contributed by atoms with E-state index in [1.54, 1.807) is 0 Å². The Morgan fingerprint density at radius 2 is 1.64 bits per heavy atom. The van der Waals surface area contributed by atoms with Gasteiger partial charge in [0.1, 0.15) is 0 Å². The molecule has 4 rings (SSSR count).